The largest absolute Gasteiger partial charge is 0.395 e. The fraction of sp³-hybridized carbons (Fsp3) is 0.917. The van der Waals surface area contributed by atoms with Gasteiger partial charge in [-0.1, -0.05) is 38.3 Å². The molecule has 3 nitrogen and oxygen atoms in total. The quantitative estimate of drug-likeness (QED) is 0.417. The van der Waals surface area contributed by atoms with Crippen LogP contribution in [0.2, 0.25) is 0 Å². The minimum atomic E-state index is 0.469. The smallest absolute Gasteiger partial charge is 0.129 e. The molecule has 1 fully saturated rings. The second-order valence-electron chi connectivity index (χ2n) is 4.62. The van der Waals surface area contributed by atoms with E-state index in [0.717, 1.165) is 12.6 Å². The van der Waals surface area contributed by atoms with Crippen LogP contribution in [0.4, 0.5) is 0 Å². The molecule has 0 bridgehead atoms. The summed E-state index contributed by atoms with van der Waals surface area (Å²) in [6.07, 6.45) is 8.66. The van der Waals surface area contributed by atoms with Gasteiger partial charge in [0.05, 0.1) is 0 Å². The van der Waals surface area contributed by atoms with Crippen LogP contribution in [-0.4, -0.2) is 25.4 Å². The van der Waals surface area contributed by atoms with Gasteiger partial charge in [0.15, 0.2) is 0 Å². The highest BCUT2D eigenvalue weighted by molar-refractivity contribution is 5.58. The van der Waals surface area contributed by atoms with E-state index in [2.05, 4.69) is 24.3 Å². The van der Waals surface area contributed by atoms with E-state index in [9.17, 15) is 0 Å². The van der Waals surface area contributed by atoms with Crippen LogP contribution in [0.15, 0.2) is 5.16 Å². The fourth-order valence-corrected chi connectivity index (χ4v) is 1.83. The molecule has 0 heterocycles. The summed E-state index contributed by atoms with van der Waals surface area (Å²) in [5.41, 5.74) is 0. The second-order valence-corrected chi connectivity index (χ2v) is 4.62. The van der Waals surface area contributed by atoms with Crippen LogP contribution in [0.3, 0.4) is 0 Å². The summed E-state index contributed by atoms with van der Waals surface area (Å²) in [5.74, 6) is 0.469. The molecule has 1 rings (SSSR count). The average molecular weight is 212 g/mol. The third kappa shape index (κ3) is 6.50. The summed E-state index contributed by atoms with van der Waals surface area (Å²) >= 11 is 0. The molecule has 0 saturated heterocycles. The maximum Gasteiger partial charge on any atom is 0.129 e. The summed E-state index contributed by atoms with van der Waals surface area (Å²) in [4.78, 5) is 5.14. The zero-order valence-corrected chi connectivity index (χ0v) is 10.0. The molecule has 0 aliphatic heterocycles. The predicted molar refractivity (Wildman–Crippen MR) is 64.2 cm³/mol. The van der Waals surface area contributed by atoms with Crippen molar-refractivity contribution < 1.29 is 4.84 Å². The zero-order valence-electron chi connectivity index (χ0n) is 10.0. The molecular formula is C12H24N2O. The Hall–Kier alpha value is -0.570. The van der Waals surface area contributed by atoms with E-state index in [-0.39, 0.29) is 0 Å². The summed E-state index contributed by atoms with van der Waals surface area (Å²) in [6.45, 7) is 5.78. The molecule has 0 radical (unpaired) electrons. The summed E-state index contributed by atoms with van der Waals surface area (Å²) in [5, 5.41) is 7.40. The Kier molecular flexibility index (Phi) is 6.41. The van der Waals surface area contributed by atoms with Crippen molar-refractivity contribution in [3.05, 3.63) is 0 Å². The molecule has 3 heteroatoms. The van der Waals surface area contributed by atoms with E-state index in [1.165, 1.54) is 32.1 Å². The molecule has 0 aromatic carbocycles. The highest BCUT2D eigenvalue weighted by Gasteiger charge is 2.11. The monoisotopic (exact) mass is 212 g/mol. The van der Waals surface area contributed by atoms with Gasteiger partial charge in [0.2, 0.25) is 0 Å². The molecule has 0 atom stereocenters. The minimum Gasteiger partial charge on any atom is -0.395 e. The number of nitrogens with one attached hydrogen (secondary N) is 1. The van der Waals surface area contributed by atoms with Crippen molar-refractivity contribution in [1.29, 1.82) is 0 Å². The molecule has 1 N–H and O–H groups in total. The standard InChI is InChI=1S/C12H24N2O/c1-11(2)10-14-15-9-8-13-12-6-4-3-5-7-12/h10-13H,3-9H2,1-2H3/b14-10+. The van der Waals surface area contributed by atoms with Crippen molar-refractivity contribution in [1.82, 2.24) is 5.32 Å². The van der Waals surface area contributed by atoms with Gasteiger partial charge in [0.25, 0.3) is 0 Å². The second kappa shape index (κ2) is 7.69. The molecule has 0 aromatic heterocycles. The van der Waals surface area contributed by atoms with Gasteiger partial charge in [-0.15, -0.1) is 0 Å². The summed E-state index contributed by atoms with van der Waals surface area (Å²) in [6, 6.07) is 0.719. The lowest BCUT2D eigenvalue weighted by Gasteiger charge is -2.22. The van der Waals surface area contributed by atoms with Crippen LogP contribution in [0.25, 0.3) is 0 Å². The Balaban J connectivity index is 1.92. The molecule has 0 aromatic rings. The van der Waals surface area contributed by atoms with E-state index in [4.69, 9.17) is 4.84 Å². The molecule has 0 amide bonds. The first-order valence-corrected chi connectivity index (χ1v) is 6.18. The van der Waals surface area contributed by atoms with Gasteiger partial charge in [-0.2, -0.15) is 0 Å². The molecule has 1 saturated carbocycles. The van der Waals surface area contributed by atoms with Crippen LogP contribution in [0.5, 0.6) is 0 Å². The van der Waals surface area contributed by atoms with Crippen molar-refractivity contribution >= 4 is 6.21 Å². The highest BCUT2D eigenvalue weighted by Crippen LogP contribution is 2.16. The zero-order chi connectivity index (χ0) is 10.9. The first-order chi connectivity index (χ1) is 7.29. The first kappa shape index (κ1) is 12.5. The number of hydrogen-bond acceptors (Lipinski definition) is 3. The first-order valence-electron chi connectivity index (χ1n) is 6.18. The van der Waals surface area contributed by atoms with Gasteiger partial charge >= 0.3 is 0 Å². The Morgan fingerprint density at radius 3 is 2.73 bits per heavy atom. The fourth-order valence-electron chi connectivity index (χ4n) is 1.83. The lowest BCUT2D eigenvalue weighted by molar-refractivity contribution is 0.142. The number of nitrogens with zero attached hydrogens (tertiary/aromatic N) is 1. The van der Waals surface area contributed by atoms with Crippen molar-refractivity contribution in [3.8, 4) is 0 Å². The van der Waals surface area contributed by atoms with Gasteiger partial charge in [0, 0.05) is 18.8 Å². The summed E-state index contributed by atoms with van der Waals surface area (Å²) in [7, 11) is 0. The number of hydrogen-bond donors (Lipinski definition) is 1. The molecule has 1 aliphatic carbocycles. The average Bonchev–Trinajstić information content (AvgIpc) is 2.24. The van der Waals surface area contributed by atoms with Gasteiger partial charge in [-0.3, -0.25) is 0 Å². The maximum absolute atomic E-state index is 5.14. The SMILES string of the molecule is CC(C)/C=N/OCCNC1CCCCC1. The molecule has 1 aliphatic rings. The van der Waals surface area contributed by atoms with E-state index >= 15 is 0 Å². The maximum atomic E-state index is 5.14. The molecule has 0 unspecified atom stereocenters. The van der Waals surface area contributed by atoms with Crippen molar-refractivity contribution in [2.45, 2.75) is 52.0 Å². The van der Waals surface area contributed by atoms with Gasteiger partial charge in [0.1, 0.15) is 6.61 Å². The topological polar surface area (TPSA) is 33.6 Å². The Morgan fingerprint density at radius 2 is 2.07 bits per heavy atom. The van der Waals surface area contributed by atoms with Crippen molar-refractivity contribution in [2.24, 2.45) is 11.1 Å². The van der Waals surface area contributed by atoms with Gasteiger partial charge < -0.3 is 10.2 Å². The van der Waals surface area contributed by atoms with E-state index in [1.54, 1.807) is 0 Å². The molecule has 15 heavy (non-hydrogen) atoms. The highest BCUT2D eigenvalue weighted by atomic mass is 16.6. The third-order valence-electron chi connectivity index (χ3n) is 2.67. The van der Waals surface area contributed by atoms with Gasteiger partial charge in [-0.25, -0.2) is 0 Å². The lowest BCUT2D eigenvalue weighted by Crippen LogP contribution is -2.33. The summed E-state index contributed by atoms with van der Waals surface area (Å²) < 4.78 is 0. The van der Waals surface area contributed by atoms with Crippen LogP contribution in [0.1, 0.15) is 46.0 Å². The Bertz CT molecular complexity index is 174. The lowest BCUT2D eigenvalue weighted by atomic mass is 9.96. The van der Waals surface area contributed by atoms with Crippen LogP contribution in [-0.2, 0) is 4.84 Å². The van der Waals surface area contributed by atoms with E-state index in [1.807, 2.05) is 6.21 Å². The normalized spacial score (nSPS) is 18.9. The van der Waals surface area contributed by atoms with Crippen LogP contribution < -0.4 is 5.32 Å². The van der Waals surface area contributed by atoms with Crippen LogP contribution in [0, 0.1) is 5.92 Å². The van der Waals surface area contributed by atoms with Crippen molar-refractivity contribution in [3.63, 3.8) is 0 Å². The molecule has 88 valence electrons. The number of oxime groups is 1. The minimum absolute atomic E-state index is 0.469. The van der Waals surface area contributed by atoms with Crippen molar-refractivity contribution in [2.75, 3.05) is 13.2 Å². The Labute approximate surface area is 93.3 Å². The van der Waals surface area contributed by atoms with E-state index in [0.29, 0.717) is 12.5 Å². The Morgan fingerprint density at radius 1 is 1.33 bits per heavy atom. The molecule has 0 spiro atoms. The van der Waals surface area contributed by atoms with Crippen LogP contribution >= 0.6 is 0 Å². The van der Waals surface area contributed by atoms with Gasteiger partial charge in [-0.05, 0) is 18.8 Å². The molecular weight excluding hydrogens is 188 g/mol. The predicted octanol–water partition coefficient (Wildman–Crippen LogP) is 2.57. The van der Waals surface area contributed by atoms with E-state index < -0.39 is 0 Å². The third-order valence-corrected chi connectivity index (χ3v) is 2.67. The number of rotatable bonds is 6.